The first-order chi connectivity index (χ1) is 16.9. The fourth-order valence-corrected chi connectivity index (χ4v) is 5.07. The molecule has 0 atom stereocenters. The summed E-state index contributed by atoms with van der Waals surface area (Å²) in [6.45, 7) is 0. The zero-order valence-corrected chi connectivity index (χ0v) is 18.4. The van der Waals surface area contributed by atoms with E-state index in [1.165, 1.54) is 21.5 Å². The van der Waals surface area contributed by atoms with Crippen LogP contribution in [0.15, 0.2) is 131 Å². The van der Waals surface area contributed by atoms with E-state index in [9.17, 15) is 0 Å². The third-order valence-corrected chi connectivity index (χ3v) is 6.64. The first-order valence-corrected chi connectivity index (χ1v) is 11.5. The summed E-state index contributed by atoms with van der Waals surface area (Å²) in [5, 5.41) is 7.10. The van der Waals surface area contributed by atoms with Crippen molar-refractivity contribution in [2.45, 2.75) is 0 Å². The third kappa shape index (κ3) is 2.89. The van der Waals surface area contributed by atoms with Crippen LogP contribution in [0.5, 0.6) is 0 Å². The Morgan fingerprint density at radius 2 is 0.765 bits per heavy atom. The van der Waals surface area contributed by atoms with Gasteiger partial charge in [0.1, 0.15) is 0 Å². The summed E-state index contributed by atoms with van der Waals surface area (Å²) in [6.07, 6.45) is 0. The van der Waals surface area contributed by atoms with Crippen LogP contribution in [0.3, 0.4) is 0 Å². The Morgan fingerprint density at radius 1 is 0.353 bits per heavy atom. The van der Waals surface area contributed by atoms with Gasteiger partial charge in [-0.05, 0) is 28.3 Å². The number of rotatable bonds is 2. The van der Waals surface area contributed by atoms with Crippen LogP contribution < -0.4 is 0 Å². The summed E-state index contributed by atoms with van der Waals surface area (Å²) in [6, 6.07) is 42.3. The van der Waals surface area contributed by atoms with Crippen LogP contribution in [-0.4, -0.2) is 11.4 Å². The summed E-state index contributed by atoms with van der Waals surface area (Å²) in [5.41, 5.74) is 6.05. The van der Waals surface area contributed by atoms with Gasteiger partial charge in [0.05, 0.1) is 22.8 Å². The molecule has 0 fully saturated rings. The Labute approximate surface area is 197 Å². The molecule has 0 spiro atoms. The van der Waals surface area contributed by atoms with E-state index in [4.69, 9.17) is 9.98 Å². The minimum atomic E-state index is 0.927. The first kappa shape index (κ1) is 19.0. The highest BCUT2D eigenvalue weighted by atomic mass is 14.8. The maximum atomic E-state index is 5.27. The molecule has 6 aromatic rings. The highest BCUT2D eigenvalue weighted by molar-refractivity contribution is 6.61. The van der Waals surface area contributed by atoms with Crippen molar-refractivity contribution in [3.8, 4) is 0 Å². The zero-order chi connectivity index (χ0) is 22.5. The molecule has 0 amide bonds. The number of benzene rings is 6. The smallest absolute Gasteiger partial charge is 0.0979 e. The fraction of sp³-hybridized carbons (Fsp3) is 0. The van der Waals surface area contributed by atoms with Gasteiger partial charge in [0.15, 0.2) is 0 Å². The predicted octanol–water partition coefficient (Wildman–Crippen LogP) is 8.40. The van der Waals surface area contributed by atoms with Gasteiger partial charge in [0.2, 0.25) is 0 Å². The van der Waals surface area contributed by atoms with E-state index in [0.29, 0.717) is 0 Å². The second-order valence-electron chi connectivity index (χ2n) is 8.63. The van der Waals surface area contributed by atoms with E-state index in [1.54, 1.807) is 0 Å². The fourth-order valence-electron chi connectivity index (χ4n) is 5.07. The van der Waals surface area contributed by atoms with Gasteiger partial charge in [-0.2, -0.15) is 0 Å². The Morgan fingerprint density at radius 3 is 1.29 bits per heavy atom. The molecule has 0 saturated heterocycles. The van der Waals surface area contributed by atoms with Crippen molar-refractivity contribution in [2.24, 2.45) is 9.98 Å². The molecule has 34 heavy (non-hydrogen) atoms. The molecule has 0 unspecified atom stereocenters. The Hall–Kier alpha value is -4.56. The molecule has 0 saturated carbocycles. The minimum absolute atomic E-state index is 0.927. The lowest BCUT2D eigenvalue weighted by Gasteiger charge is -2.08. The SMILES string of the molecule is c1ccc2c(/N=C3/C(=N/c4cccc5ccccc45)c4cccc5cccc3c45)cccc2c1. The molecule has 6 aromatic carbocycles. The molecule has 1 aliphatic carbocycles. The van der Waals surface area contributed by atoms with Crippen molar-refractivity contribution in [2.75, 3.05) is 0 Å². The van der Waals surface area contributed by atoms with E-state index in [2.05, 4.69) is 121 Å². The van der Waals surface area contributed by atoms with Gasteiger partial charge >= 0.3 is 0 Å². The third-order valence-electron chi connectivity index (χ3n) is 6.64. The summed E-state index contributed by atoms with van der Waals surface area (Å²) in [5.74, 6) is 0. The van der Waals surface area contributed by atoms with Gasteiger partial charge in [-0.15, -0.1) is 0 Å². The van der Waals surface area contributed by atoms with Crippen molar-refractivity contribution >= 4 is 55.1 Å². The lowest BCUT2D eigenvalue weighted by Crippen LogP contribution is -2.10. The Kier molecular flexibility index (Phi) is 4.18. The van der Waals surface area contributed by atoms with E-state index in [0.717, 1.165) is 44.7 Å². The highest BCUT2D eigenvalue weighted by Crippen LogP contribution is 2.36. The molecule has 2 nitrogen and oxygen atoms in total. The lowest BCUT2D eigenvalue weighted by atomic mass is 10.1. The van der Waals surface area contributed by atoms with Crippen LogP contribution in [0.25, 0.3) is 32.3 Å². The van der Waals surface area contributed by atoms with Crippen molar-refractivity contribution in [3.05, 3.63) is 132 Å². The average molecular weight is 433 g/mol. The van der Waals surface area contributed by atoms with E-state index >= 15 is 0 Å². The number of aliphatic imine (C=N–C) groups is 2. The van der Waals surface area contributed by atoms with Crippen molar-refractivity contribution in [1.29, 1.82) is 0 Å². The zero-order valence-electron chi connectivity index (χ0n) is 18.4. The standard InChI is InChI=1S/C32H20N2/c1-3-15-24-21(9-1)11-7-19-28(24)33-31-26-17-5-13-23-14-6-18-27(30(23)26)32(31)34-29-20-8-12-22-10-2-4-16-25(22)29/h1-20H/b33-31+,34-32+. The van der Waals surface area contributed by atoms with E-state index in [-0.39, 0.29) is 0 Å². The van der Waals surface area contributed by atoms with Crippen LogP contribution in [0.2, 0.25) is 0 Å². The van der Waals surface area contributed by atoms with Gasteiger partial charge in [-0.1, -0.05) is 109 Å². The van der Waals surface area contributed by atoms with Crippen molar-refractivity contribution < 1.29 is 0 Å². The van der Waals surface area contributed by atoms with E-state index in [1.807, 2.05) is 0 Å². The average Bonchev–Trinajstić information content (AvgIpc) is 3.19. The molecular weight excluding hydrogens is 412 g/mol. The summed E-state index contributed by atoms with van der Waals surface area (Å²) in [7, 11) is 0. The Balaban J connectivity index is 1.54. The summed E-state index contributed by atoms with van der Waals surface area (Å²) in [4.78, 5) is 10.5. The topological polar surface area (TPSA) is 24.7 Å². The normalized spacial score (nSPS) is 15.2. The second kappa shape index (κ2) is 7.50. The minimum Gasteiger partial charge on any atom is -0.245 e. The van der Waals surface area contributed by atoms with Gasteiger partial charge in [-0.25, -0.2) is 9.98 Å². The lowest BCUT2D eigenvalue weighted by molar-refractivity contribution is 1.53. The van der Waals surface area contributed by atoms with Crippen molar-refractivity contribution in [1.82, 2.24) is 0 Å². The summed E-state index contributed by atoms with van der Waals surface area (Å²) >= 11 is 0. The Bertz CT molecular complexity index is 1670. The maximum absolute atomic E-state index is 5.27. The second-order valence-corrected chi connectivity index (χ2v) is 8.63. The number of fused-ring (bicyclic) bond motifs is 2. The molecule has 7 rings (SSSR count). The number of nitrogens with zero attached hydrogens (tertiary/aromatic N) is 2. The van der Waals surface area contributed by atoms with Crippen LogP contribution in [0.4, 0.5) is 11.4 Å². The van der Waals surface area contributed by atoms with Crippen LogP contribution in [-0.2, 0) is 0 Å². The molecule has 0 bridgehead atoms. The molecule has 0 N–H and O–H groups in total. The van der Waals surface area contributed by atoms with Crippen LogP contribution in [0.1, 0.15) is 11.1 Å². The predicted molar refractivity (Wildman–Crippen MR) is 144 cm³/mol. The molecule has 0 radical (unpaired) electrons. The van der Waals surface area contributed by atoms with Crippen LogP contribution >= 0.6 is 0 Å². The molecule has 0 aliphatic heterocycles. The molecular formula is C32H20N2. The molecule has 1 aliphatic rings. The molecule has 2 heteroatoms. The molecule has 0 aromatic heterocycles. The largest absolute Gasteiger partial charge is 0.245 e. The number of hydrogen-bond acceptors (Lipinski definition) is 2. The number of hydrogen-bond donors (Lipinski definition) is 0. The summed E-state index contributed by atoms with van der Waals surface area (Å²) < 4.78 is 0. The first-order valence-electron chi connectivity index (χ1n) is 11.5. The van der Waals surface area contributed by atoms with Gasteiger partial charge < -0.3 is 0 Å². The molecule has 158 valence electrons. The monoisotopic (exact) mass is 432 g/mol. The van der Waals surface area contributed by atoms with Gasteiger partial charge in [0, 0.05) is 27.3 Å². The van der Waals surface area contributed by atoms with Crippen molar-refractivity contribution in [3.63, 3.8) is 0 Å². The van der Waals surface area contributed by atoms with Crippen LogP contribution in [0, 0.1) is 0 Å². The van der Waals surface area contributed by atoms with Gasteiger partial charge in [0.25, 0.3) is 0 Å². The van der Waals surface area contributed by atoms with Gasteiger partial charge in [-0.3, -0.25) is 0 Å². The quantitative estimate of drug-likeness (QED) is 0.262. The highest BCUT2D eigenvalue weighted by Gasteiger charge is 2.27. The maximum Gasteiger partial charge on any atom is 0.0979 e. The molecule has 0 heterocycles. The van der Waals surface area contributed by atoms with E-state index < -0.39 is 0 Å².